The first-order valence-electron chi connectivity index (χ1n) is 4.87. The van der Waals surface area contributed by atoms with Crippen molar-refractivity contribution < 1.29 is 14.3 Å². The number of carbonyl (C=O) groups is 1. The molecule has 82 valence electrons. The van der Waals surface area contributed by atoms with Gasteiger partial charge in [0.2, 0.25) is 0 Å². The molecule has 1 atom stereocenters. The van der Waals surface area contributed by atoms with Gasteiger partial charge in [-0.15, -0.1) is 0 Å². The van der Waals surface area contributed by atoms with Crippen LogP contribution in [0.5, 0.6) is 0 Å². The van der Waals surface area contributed by atoms with E-state index < -0.39 is 0 Å². The molecule has 3 heteroatoms. The summed E-state index contributed by atoms with van der Waals surface area (Å²) in [6.07, 6.45) is 0.217. The van der Waals surface area contributed by atoms with Gasteiger partial charge in [0.1, 0.15) is 0 Å². The predicted octanol–water partition coefficient (Wildman–Crippen LogP) is 2.17. The van der Waals surface area contributed by atoms with Gasteiger partial charge in [0.15, 0.2) is 0 Å². The quantitative estimate of drug-likeness (QED) is 0.487. The third kappa shape index (κ3) is 6.66. The molecule has 3 nitrogen and oxygen atoms in total. The van der Waals surface area contributed by atoms with Gasteiger partial charge in [-0.25, -0.2) is 4.79 Å². The summed E-state index contributed by atoms with van der Waals surface area (Å²) in [6, 6.07) is 0. The number of hydrogen-bond donors (Lipinski definition) is 0. The van der Waals surface area contributed by atoms with Crippen LogP contribution in [0, 0.1) is 5.92 Å². The Morgan fingerprint density at radius 2 is 1.86 bits per heavy atom. The van der Waals surface area contributed by atoms with Gasteiger partial charge in [-0.2, -0.15) is 0 Å². The zero-order valence-electron chi connectivity index (χ0n) is 9.50. The molecule has 0 aliphatic carbocycles. The maximum Gasteiger partial charge on any atom is 0.333 e. The molecule has 0 spiro atoms. The smallest absolute Gasteiger partial charge is 0.333 e. The molecule has 0 radical (unpaired) electrons. The van der Waals surface area contributed by atoms with E-state index in [0.717, 1.165) is 0 Å². The summed E-state index contributed by atoms with van der Waals surface area (Å²) in [7, 11) is 0. The summed E-state index contributed by atoms with van der Waals surface area (Å²) >= 11 is 0. The van der Waals surface area contributed by atoms with Gasteiger partial charge in [-0.1, -0.05) is 13.5 Å². The van der Waals surface area contributed by atoms with E-state index in [1.807, 2.05) is 20.8 Å². The number of rotatable bonds is 6. The van der Waals surface area contributed by atoms with Gasteiger partial charge in [0, 0.05) is 11.5 Å². The van der Waals surface area contributed by atoms with Crippen molar-refractivity contribution in [3.63, 3.8) is 0 Å². The standard InChI is InChI=1S/C11H20O3/c1-8(2)11(12)14-7-10(5)6-13-9(3)4/h9-10H,1,6-7H2,2-5H3. The van der Waals surface area contributed by atoms with Gasteiger partial charge in [-0.3, -0.25) is 0 Å². The van der Waals surface area contributed by atoms with Crippen LogP contribution < -0.4 is 0 Å². The fourth-order valence-electron chi connectivity index (χ4n) is 0.746. The molecule has 0 aromatic rings. The lowest BCUT2D eigenvalue weighted by Gasteiger charge is -2.14. The lowest BCUT2D eigenvalue weighted by atomic mass is 10.2. The van der Waals surface area contributed by atoms with E-state index >= 15 is 0 Å². The second kappa shape index (κ2) is 6.60. The van der Waals surface area contributed by atoms with Crippen molar-refractivity contribution in [3.8, 4) is 0 Å². The maximum absolute atomic E-state index is 11.0. The van der Waals surface area contributed by atoms with Crippen LogP contribution in [-0.4, -0.2) is 25.3 Å². The fourth-order valence-corrected chi connectivity index (χ4v) is 0.746. The first kappa shape index (κ1) is 13.2. The van der Waals surface area contributed by atoms with Crippen LogP contribution in [0.1, 0.15) is 27.7 Å². The normalized spacial score (nSPS) is 12.6. The van der Waals surface area contributed by atoms with Crippen LogP contribution >= 0.6 is 0 Å². The van der Waals surface area contributed by atoms with Gasteiger partial charge in [0.25, 0.3) is 0 Å². The van der Waals surface area contributed by atoms with Crippen molar-refractivity contribution in [2.75, 3.05) is 13.2 Å². The Balaban J connectivity index is 3.58. The lowest BCUT2D eigenvalue weighted by molar-refractivity contribution is -0.140. The Kier molecular flexibility index (Phi) is 6.21. The molecule has 14 heavy (non-hydrogen) atoms. The first-order valence-corrected chi connectivity index (χ1v) is 4.87. The zero-order chi connectivity index (χ0) is 11.1. The van der Waals surface area contributed by atoms with E-state index in [1.165, 1.54) is 0 Å². The highest BCUT2D eigenvalue weighted by Gasteiger charge is 2.08. The fraction of sp³-hybridized carbons (Fsp3) is 0.727. The molecular formula is C11H20O3. The summed E-state index contributed by atoms with van der Waals surface area (Å²) in [5, 5.41) is 0. The number of ether oxygens (including phenoxy) is 2. The Labute approximate surface area is 86.1 Å². The largest absolute Gasteiger partial charge is 0.462 e. The second-order valence-corrected chi connectivity index (χ2v) is 3.87. The van der Waals surface area contributed by atoms with Crippen LogP contribution in [0.4, 0.5) is 0 Å². The average Bonchev–Trinajstić information content (AvgIpc) is 2.10. The molecular weight excluding hydrogens is 180 g/mol. The molecule has 0 rings (SSSR count). The topological polar surface area (TPSA) is 35.5 Å². The summed E-state index contributed by atoms with van der Waals surface area (Å²) in [5.41, 5.74) is 0.432. The molecule has 0 saturated carbocycles. The van der Waals surface area contributed by atoms with Crippen molar-refractivity contribution in [2.45, 2.75) is 33.8 Å². The minimum atomic E-state index is -0.332. The molecule has 0 aliphatic rings. The number of carbonyl (C=O) groups excluding carboxylic acids is 1. The van der Waals surface area contributed by atoms with E-state index in [1.54, 1.807) is 6.92 Å². The van der Waals surface area contributed by atoms with E-state index in [-0.39, 0.29) is 18.0 Å². The molecule has 1 unspecified atom stereocenters. The molecule has 0 aromatic heterocycles. The zero-order valence-corrected chi connectivity index (χ0v) is 9.50. The van der Waals surface area contributed by atoms with Crippen LogP contribution in [0.15, 0.2) is 12.2 Å². The van der Waals surface area contributed by atoms with Gasteiger partial charge < -0.3 is 9.47 Å². The molecule has 0 aliphatic heterocycles. The van der Waals surface area contributed by atoms with Gasteiger partial charge in [-0.05, 0) is 20.8 Å². The third-order valence-electron chi connectivity index (χ3n) is 1.56. The minimum absolute atomic E-state index is 0.217. The Bertz CT molecular complexity index is 197. The maximum atomic E-state index is 11.0. The van der Waals surface area contributed by atoms with Crippen molar-refractivity contribution in [3.05, 3.63) is 12.2 Å². The minimum Gasteiger partial charge on any atom is -0.462 e. The molecule has 0 fully saturated rings. The van der Waals surface area contributed by atoms with Crippen LogP contribution in [0.2, 0.25) is 0 Å². The highest BCUT2D eigenvalue weighted by atomic mass is 16.5. The molecule has 0 bridgehead atoms. The summed E-state index contributed by atoms with van der Waals surface area (Å²) < 4.78 is 10.4. The monoisotopic (exact) mass is 200 g/mol. The van der Waals surface area contributed by atoms with Gasteiger partial charge in [0.05, 0.1) is 19.3 Å². The Hall–Kier alpha value is -0.830. The van der Waals surface area contributed by atoms with Crippen molar-refractivity contribution >= 4 is 5.97 Å². The lowest BCUT2D eigenvalue weighted by Crippen LogP contribution is -2.18. The van der Waals surface area contributed by atoms with Crippen molar-refractivity contribution in [2.24, 2.45) is 5.92 Å². The second-order valence-electron chi connectivity index (χ2n) is 3.87. The molecule has 0 N–H and O–H groups in total. The Morgan fingerprint density at radius 3 is 2.29 bits per heavy atom. The molecule has 0 heterocycles. The summed E-state index contributed by atoms with van der Waals surface area (Å²) in [6.45, 7) is 12.1. The molecule has 0 saturated heterocycles. The highest BCUT2D eigenvalue weighted by Crippen LogP contribution is 2.02. The van der Waals surface area contributed by atoms with Crippen molar-refractivity contribution in [1.29, 1.82) is 0 Å². The van der Waals surface area contributed by atoms with E-state index in [0.29, 0.717) is 18.8 Å². The summed E-state index contributed by atoms with van der Waals surface area (Å²) in [4.78, 5) is 11.0. The molecule has 0 aromatic carbocycles. The van der Waals surface area contributed by atoms with Crippen molar-refractivity contribution in [1.82, 2.24) is 0 Å². The first-order chi connectivity index (χ1) is 6.43. The average molecular weight is 200 g/mol. The molecule has 0 amide bonds. The van der Waals surface area contributed by atoms with Gasteiger partial charge >= 0.3 is 5.97 Å². The van der Waals surface area contributed by atoms with Crippen LogP contribution in [-0.2, 0) is 14.3 Å². The third-order valence-corrected chi connectivity index (χ3v) is 1.56. The summed E-state index contributed by atoms with van der Waals surface area (Å²) in [5.74, 6) is -0.109. The van der Waals surface area contributed by atoms with Crippen LogP contribution in [0.3, 0.4) is 0 Å². The highest BCUT2D eigenvalue weighted by molar-refractivity contribution is 5.86. The number of hydrogen-bond acceptors (Lipinski definition) is 3. The van der Waals surface area contributed by atoms with E-state index in [9.17, 15) is 4.79 Å². The Morgan fingerprint density at radius 1 is 1.29 bits per heavy atom. The van der Waals surface area contributed by atoms with E-state index in [4.69, 9.17) is 9.47 Å². The predicted molar refractivity (Wildman–Crippen MR) is 56.0 cm³/mol. The van der Waals surface area contributed by atoms with Crippen LogP contribution in [0.25, 0.3) is 0 Å². The SMILES string of the molecule is C=C(C)C(=O)OCC(C)COC(C)C. The number of esters is 1. The van der Waals surface area contributed by atoms with E-state index in [2.05, 4.69) is 6.58 Å².